The molecule has 47 heavy (non-hydrogen) atoms. The summed E-state index contributed by atoms with van der Waals surface area (Å²) >= 11 is 0. The summed E-state index contributed by atoms with van der Waals surface area (Å²) in [5.74, 6) is -1.08. The predicted octanol–water partition coefficient (Wildman–Crippen LogP) is 4.19. The van der Waals surface area contributed by atoms with Crippen LogP contribution in [0.2, 0.25) is 0 Å². The summed E-state index contributed by atoms with van der Waals surface area (Å²) in [7, 11) is 0. The minimum Gasteiger partial charge on any atom is -0.369 e. The van der Waals surface area contributed by atoms with Gasteiger partial charge in [-0.3, -0.25) is 24.1 Å². The van der Waals surface area contributed by atoms with Gasteiger partial charge in [-0.05, 0) is 68.4 Å². The summed E-state index contributed by atoms with van der Waals surface area (Å²) in [5.41, 5.74) is 9.47. The lowest BCUT2D eigenvalue weighted by atomic mass is 9.85. The van der Waals surface area contributed by atoms with Crippen molar-refractivity contribution in [3.8, 4) is 0 Å². The molecule has 1 aromatic carbocycles. The van der Waals surface area contributed by atoms with E-state index in [1.165, 1.54) is 41.4 Å². The molecule has 256 valence electrons. The maximum absolute atomic E-state index is 13.9. The highest BCUT2D eigenvalue weighted by Gasteiger charge is 2.39. The van der Waals surface area contributed by atoms with E-state index in [1.807, 2.05) is 13.8 Å². The molecule has 4 aliphatic rings. The summed E-state index contributed by atoms with van der Waals surface area (Å²) in [5, 5.41) is 7.48. The van der Waals surface area contributed by atoms with Crippen molar-refractivity contribution < 1.29 is 19.2 Å². The van der Waals surface area contributed by atoms with Crippen molar-refractivity contribution in [2.75, 3.05) is 26.2 Å². The minimum absolute atomic E-state index is 0.0924. The largest absolute Gasteiger partial charge is 0.369 e. The molecule has 1 saturated carbocycles. The molecule has 0 bridgehead atoms. The van der Waals surface area contributed by atoms with Crippen molar-refractivity contribution in [3.63, 3.8) is 0 Å². The van der Waals surface area contributed by atoms with Crippen LogP contribution in [-0.4, -0.2) is 76.7 Å². The Kier molecular flexibility index (Phi) is 10.5. The first-order chi connectivity index (χ1) is 22.7. The van der Waals surface area contributed by atoms with Crippen LogP contribution in [0.4, 0.5) is 0 Å². The van der Waals surface area contributed by atoms with Crippen LogP contribution in [0.25, 0.3) is 10.9 Å². The number of likely N-dealkylation sites (tertiary alicyclic amines) is 1. The van der Waals surface area contributed by atoms with E-state index in [1.54, 1.807) is 4.90 Å². The SMILES string of the molecule is CC(C)[C@H](NC(=O)[C@H]1CC[C@@H]2c3[nH]c4ccccc4c3CCN2C1)C(=O)N[C@@H](CCC1CCCCC1)C(=O)N1CCCC(C(N)=O)C1. The third-order valence-electron chi connectivity index (χ3n) is 11.5. The Morgan fingerprint density at radius 2 is 1.70 bits per heavy atom. The molecule has 1 aliphatic carbocycles. The molecule has 4 heterocycles. The molecule has 10 nitrogen and oxygen atoms in total. The molecular formula is C37H54N6O4. The van der Waals surface area contributed by atoms with E-state index in [0.717, 1.165) is 45.1 Å². The van der Waals surface area contributed by atoms with E-state index in [9.17, 15) is 19.2 Å². The number of hydrogen-bond acceptors (Lipinski definition) is 5. The number of benzene rings is 1. The van der Waals surface area contributed by atoms with Crippen molar-refractivity contribution in [2.45, 2.75) is 109 Å². The van der Waals surface area contributed by atoms with Crippen LogP contribution in [0.15, 0.2) is 24.3 Å². The zero-order valence-corrected chi connectivity index (χ0v) is 28.3. The fourth-order valence-corrected chi connectivity index (χ4v) is 8.69. The Hall–Kier alpha value is -3.40. The smallest absolute Gasteiger partial charge is 0.245 e. The third-order valence-corrected chi connectivity index (χ3v) is 11.5. The summed E-state index contributed by atoms with van der Waals surface area (Å²) in [6.45, 7) is 6.30. The van der Waals surface area contributed by atoms with Crippen molar-refractivity contribution in [1.82, 2.24) is 25.4 Å². The zero-order valence-electron chi connectivity index (χ0n) is 28.3. The maximum Gasteiger partial charge on any atom is 0.245 e. The standard InChI is InChI=1S/C37H54N6O4/c1-23(2)32(41-35(45)26-15-17-31-33-28(18-20-42(31)22-26)27-12-6-7-13-29(27)39-33)36(46)40-30(16-14-24-9-4-3-5-10-24)37(47)43-19-8-11-25(21-43)34(38)44/h6-7,12-13,23-26,30-32,39H,3-5,8-11,14-22H2,1-2H3,(H2,38,44)(H,40,46)(H,41,45)/t25?,26-,30-,31+,32-/m0/s1. The van der Waals surface area contributed by atoms with Gasteiger partial charge in [-0.25, -0.2) is 0 Å². The molecule has 5 N–H and O–H groups in total. The van der Waals surface area contributed by atoms with Crippen LogP contribution in [0.5, 0.6) is 0 Å². The molecule has 1 aromatic heterocycles. The van der Waals surface area contributed by atoms with E-state index in [4.69, 9.17) is 5.73 Å². The van der Waals surface area contributed by atoms with Gasteiger partial charge in [-0.1, -0.05) is 64.2 Å². The molecule has 10 heteroatoms. The molecular weight excluding hydrogens is 592 g/mol. The van der Waals surface area contributed by atoms with Crippen LogP contribution >= 0.6 is 0 Å². The lowest BCUT2D eigenvalue weighted by molar-refractivity contribution is -0.140. The number of carbonyl (C=O) groups is 4. The van der Waals surface area contributed by atoms with Gasteiger partial charge < -0.3 is 26.3 Å². The van der Waals surface area contributed by atoms with E-state index in [0.29, 0.717) is 44.8 Å². The van der Waals surface area contributed by atoms with Gasteiger partial charge in [-0.2, -0.15) is 0 Å². The second-order valence-electron chi connectivity index (χ2n) is 15.0. The van der Waals surface area contributed by atoms with Crippen LogP contribution in [-0.2, 0) is 25.6 Å². The van der Waals surface area contributed by atoms with Gasteiger partial charge in [0.1, 0.15) is 12.1 Å². The van der Waals surface area contributed by atoms with Gasteiger partial charge in [0.2, 0.25) is 23.6 Å². The van der Waals surface area contributed by atoms with Gasteiger partial charge in [0, 0.05) is 42.8 Å². The normalized spacial score (nSPS) is 25.1. The van der Waals surface area contributed by atoms with Gasteiger partial charge in [0.05, 0.1) is 17.9 Å². The Bertz CT molecular complexity index is 1450. The second kappa shape index (κ2) is 14.8. The van der Waals surface area contributed by atoms with Crippen LogP contribution < -0.4 is 16.4 Å². The molecule has 2 aromatic rings. The first-order valence-electron chi connectivity index (χ1n) is 18.2. The van der Waals surface area contributed by atoms with E-state index >= 15 is 0 Å². The lowest BCUT2D eigenvalue weighted by Gasteiger charge is -2.42. The number of para-hydroxylation sites is 1. The topological polar surface area (TPSA) is 141 Å². The number of rotatable bonds is 10. The molecule has 2 saturated heterocycles. The molecule has 0 spiro atoms. The zero-order chi connectivity index (χ0) is 33.1. The van der Waals surface area contributed by atoms with Gasteiger partial charge in [0.15, 0.2) is 0 Å². The van der Waals surface area contributed by atoms with E-state index in [2.05, 4.69) is 44.8 Å². The third kappa shape index (κ3) is 7.53. The molecule has 4 amide bonds. The number of H-pyrrole nitrogens is 1. The molecule has 0 radical (unpaired) electrons. The number of fused-ring (bicyclic) bond motifs is 5. The summed E-state index contributed by atoms with van der Waals surface area (Å²) in [6.07, 6.45) is 11.4. The predicted molar refractivity (Wildman–Crippen MR) is 182 cm³/mol. The van der Waals surface area contributed by atoms with Gasteiger partial charge >= 0.3 is 0 Å². The number of aromatic amines is 1. The molecule has 5 atom stereocenters. The number of hydrogen-bond donors (Lipinski definition) is 4. The van der Waals surface area contributed by atoms with Gasteiger partial charge in [0.25, 0.3) is 0 Å². The highest BCUT2D eigenvalue weighted by Crippen LogP contribution is 2.40. The second-order valence-corrected chi connectivity index (χ2v) is 15.0. The quantitative estimate of drug-likeness (QED) is 0.307. The fraction of sp³-hybridized carbons (Fsp3) is 0.676. The van der Waals surface area contributed by atoms with Crippen molar-refractivity contribution in [3.05, 3.63) is 35.5 Å². The van der Waals surface area contributed by atoms with Crippen LogP contribution in [0.1, 0.15) is 102 Å². The molecule has 3 fully saturated rings. The van der Waals surface area contributed by atoms with Crippen molar-refractivity contribution in [1.29, 1.82) is 0 Å². The monoisotopic (exact) mass is 646 g/mol. The average Bonchev–Trinajstić information content (AvgIpc) is 3.47. The Morgan fingerprint density at radius 3 is 2.47 bits per heavy atom. The highest BCUT2D eigenvalue weighted by atomic mass is 16.2. The number of nitrogens with zero attached hydrogens (tertiary/aromatic N) is 2. The minimum atomic E-state index is -0.744. The number of nitrogens with two attached hydrogens (primary N) is 1. The molecule has 1 unspecified atom stereocenters. The number of primary amides is 1. The fourth-order valence-electron chi connectivity index (χ4n) is 8.69. The summed E-state index contributed by atoms with van der Waals surface area (Å²) in [6, 6.07) is 7.32. The van der Waals surface area contributed by atoms with Crippen LogP contribution in [0, 0.1) is 23.7 Å². The number of piperidine rings is 2. The number of aromatic nitrogens is 1. The summed E-state index contributed by atoms with van der Waals surface area (Å²) < 4.78 is 0. The Labute approximate surface area is 278 Å². The maximum atomic E-state index is 13.9. The molecule has 3 aliphatic heterocycles. The van der Waals surface area contributed by atoms with Crippen molar-refractivity contribution in [2.24, 2.45) is 29.4 Å². The highest BCUT2D eigenvalue weighted by molar-refractivity contribution is 5.93. The molecule has 6 rings (SSSR count). The van der Waals surface area contributed by atoms with Crippen molar-refractivity contribution >= 4 is 34.5 Å². The average molecular weight is 647 g/mol. The lowest BCUT2D eigenvalue weighted by Crippen LogP contribution is -2.58. The van der Waals surface area contributed by atoms with E-state index in [-0.39, 0.29) is 47.4 Å². The number of carbonyl (C=O) groups excluding carboxylic acids is 4. The first-order valence-corrected chi connectivity index (χ1v) is 18.2. The van der Waals surface area contributed by atoms with Gasteiger partial charge in [-0.15, -0.1) is 0 Å². The first kappa shape index (κ1) is 33.5. The number of nitrogens with one attached hydrogen (secondary N) is 3. The Morgan fingerprint density at radius 1 is 0.915 bits per heavy atom. The number of amides is 4. The van der Waals surface area contributed by atoms with E-state index < -0.39 is 12.1 Å². The Balaban J connectivity index is 1.10. The van der Waals surface area contributed by atoms with Crippen LogP contribution in [0.3, 0.4) is 0 Å². The summed E-state index contributed by atoms with van der Waals surface area (Å²) in [4.78, 5) is 61.2.